The SMILES string of the molecule is C=C(C)[C@H]1CC=C(C)/C(=N/NC(=O)CCCOc2ccc(Cl)cc2Cl)C1. The van der Waals surface area contributed by atoms with E-state index < -0.39 is 0 Å². The summed E-state index contributed by atoms with van der Waals surface area (Å²) >= 11 is 11.9. The zero-order valence-corrected chi connectivity index (χ0v) is 16.7. The van der Waals surface area contributed by atoms with E-state index in [-0.39, 0.29) is 5.91 Å². The van der Waals surface area contributed by atoms with E-state index in [2.05, 4.69) is 23.2 Å². The maximum absolute atomic E-state index is 12.0. The van der Waals surface area contributed by atoms with Crippen molar-refractivity contribution in [2.45, 2.75) is 39.5 Å². The lowest BCUT2D eigenvalue weighted by atomic mass is 9.85. The van der Waals surface area contributed by atoms with Crippen LogP contribution < -0.4 is 10.2 Å². The van der Waals surface area contributed by atoms with Gasteiger partial charge >= 0.3 is 0 Å². The van der Waals surface area contributed by atoms with E-state index in [9.17, 15) is 4.79 Å². The maximum atomic E-state index is 12.0. The fourth-order valence-corrected chi connectivity index (χ4v) is 3.08. The zero-order chi connectivity index (χ0) is 19.1. The Morgan fingerprint density at radius 2 is 2.19 bits per heavy atom. The van der Waals surface area contributed by atoms with Crippen molar-refractivity contribution < 1.29 is 9.53 Å². The van der Waals surface area contributed by atoms with Crippen molar-refractivity contribution in [2.75, 3.05) is 6.61 Å². The second-order valence-electron chi connectivity index (χ2n) is 6.49. The van der Waals surface area contributed by atoms with Crippen molar-refractivity contribution in [3.63, 3.8) is 0 Å². The summed E-state index contributed by atoms with van der Waals surface area (Å²) in [4.78, 5) is 12.0. The van der Waals surface area contributed by atoms with E-state index in [1.807, 2.05) is 13.8 Å². The third kappa shape index (κ3) is 6.19. The Labute approximate surface area is 164 Å². The molecule has 0 radical (unpaired) electrons. The Morgan fingerprint density at radius 3 is 2.88 bits per heavy atom. The number of carbonyl (C=O) groups is 1. The second kappa shape index (κ2) is 9.79. The first-order chi connectivity index (χ1) is 12.4. The van der Waals surface area contributed by atoms with E-state index in [1.165, 1.54) is 0 Å². The first-order valence-electron chi connectivity index (χ1n) is 8.62. The molecule has 1 aromatic carbocycles. The average molecular weight is 395 g/mol. The molecule has 1 N–H and O–H groups in total. The number of hydrogen-bond acceptors (Lipinski definition) is 3. The maximum Gasteiger partial charge on any atom is 0.240 e. The van der Waals surface area contributed by atoms with Gasteiger partial charge in [0.05, 0.1) is 17.3 Å². The minimum atomic E-state index is -0.131. The molecule has 0 aromatic heterocycles. The zero-order valence-electron chi connectivity index (χ0n) is 15.1. The van der Waals surface area contributed by atoms with Crippen LogP contribution in [-0.4, -0.2) is 18.2 Å². The lowest BCUT2D eigenvalue weighted by molar-refractivity contribution is -0.121. The monoisotopic (exact) mass is 394 g/mol. The van der Waals surface area contributed by atoms with Crippen molar-refractivity contribution in [3.8, 4) is 5.75 Å². The van der Waals surface area contributed by atoms with Crippen LogP contribution in [0, 0.1) is 5.92 Å². The Bertz CT molecular complexity index is 741. The molecule has 6 heteroatoms. The van der Waals surface area contributed by atoms with Crippen molar-refractivity contribution in [1.29, 1.82) is 0 Å². The lowest BCUT2D eigenvalue weighted by Gasteiger charge is -2.22. The summed E-state index contributed by atoms with van der Waals surface area (Å²) in [5.74, 6) is 0.825. The van der Waals surface area contributed by atoms with Gasteiger partial charge in [0.1, 0.15) is 5.75 Å². The van der Waals surface area contributed by atoms with Crippen LogP contribution in [0.4, 0.5) is 0 Å². The molecule has 1 amide bonds. The summed E-state index contributed by atoms with van der Waals surface area (Å²) in [5.41, 5.74) is 5.82. The highest BCUT2D eigenvalue weighted by atomic mass is 35.5. The fraction of sp³-hybridized carbons (Fsp3) is 0.400. The number of carbonyl (C=O) groups excluding carboxylic acids is 1. The van der Waals surface area contributed by atoms with Crippen LogP contribution in [0.15, 0.2) is 47.1 Å². The number of hydrogen-bond donors (Lipinski definition) is 1. The predicted molar refractivity (Wildman–Crippen MR) is 108 cm³/mol. The first-order valence-corrected chi connectivity index (χ1v) is 9.38. The minimum Gasteiger partial charge on any atom is -0.492 e. The quantitative estimate of drug-likeness (QED) is 0.374. The highest BCUT2D eigenvalue weighted by Crippen LogP contribution is 2.28. The van der Waals surface area contributed by atoms with Crippen LogP contribution in [0.1, 0.15) is 39.5 Å². The molecular formula is C20H24Cl2N2O2. The third-order valence-corrected chi connectivity index (χ3v) is 4.85. The number of nitrogens with one attached hydrogen (secondary N) is 1. The largest absolute Gasteiger partial charge is 0.492 e. The molecule has 0 aliphatic heterocycles. The fourth-order valence-electron chi connectivity index (χ4n) is 2.62. The van der Waals surface area contributed by atoms with Gasteiger partial charge in [0, 0.05) is 11.4 Å². The van der Waals surface area contributed by atoms with Crippen LogP contribution in [-0.2, 0) is 4.79 Å². The number of halogens is 2. The second-order valence-corrected chi connectivity index (χ2v) is 7.33. The standard InChI is InChI=1S/C20H24Cl2N2O2/c1-13(2)15-7-6-14(3)18(11-15)23-24-20(25)5-4-10-26-19-9-8-16(21)12-17(19)22/h6,8-9,12,15H,1,4-5,7,10-11H2,2-3H3,(H,24,25)/b23-18+/t15-/m0/s1. The molecule has 1 aromatic rings. The Balaban J connectivity index is 1.75. The number of allylic oxidation sites excluding steroid dienone is 3. The van der Waals surface area contributed by atoms with Gasteiger partial charge in [-0.25, -0.2) is 5.43 Å². The molecule has 0 saturated carbocycles. The lowest BCUT2D eigenvalue weighted by Crippen LogP contribution is -2.23. The minimum absolute atomic E-state index is 0.131. The van der Waals surface area contributed by atoms with Crippen LogP contribution in [0.25, 0.3) is 0 Å². The number of amides is 1. The van der Waals surface area contributed by atoms with Gasteiger partial charge in [0.25, 0.3) is 0 Å². The molecule has 0 saturated heterocycles. The summed E-state index contributed by atoms with van der Waals surface area (Å²) in [6.45, 7) is 8.46. The highest BCUT2D eigenvalue weighted by Gasteiger charge is 2.18. The molecule has 1 aliphatic carbocycles. The summed E-state index contributed by atoms with van der Waals surface area (Å²) in [6.07, 6.45) is 4.85. The summed E-state index contributed by atoms with van der Waals surface area (Å²) in [7, 11) is 0. The van der Waals surface area contributed by atoms with Gasteiger partial charge in [-0.1, -0.05) is 41.4 Å². The summed E-state index contributed by atoms with van der Waals surface area (Å²) in [5, 5.41) is 5.30. The molecule has 4 nitrogen and oxygen atoms in total. The number of hydrazone groups is 1. The smallest absolute Gasteiger partial charge is 0.240 e. The Kier molecular flexibility index (Phi) is 7.73. The molecule has 2 rings (SSSR count). The van der Waals surface area contributed by atoms with E-state index >= 15 is 0 Å². The van der Waals surface area contributed by atoms with Crippen LogP contribution in [0.2, 0.25) is 10.0 Å². The van der Waals surface area contributed by atoms with Gasteiger partial charge in [0.15, 0.2) is 0 Å². The number of ether oxygens (including phenoxy) is 1. The van der Waals surface area contributed by atoms with Crippen molar-refractivity contribution in [2.24, 2.45) is 11.0 Å². The van der Waals surface area contributed by atoms with Gasteiger partial charge in [-0.05, 0) is 62.8 Å². The van der Waals surface area contributed by atoms with E-state index in [1.54, 1.807) is 18.2 Å². The third-order valence-electron chi connectivity index (χ3n) is 4.32. The van der Waals surface area contributed by atoms with Gasteiger partial charge in [-0.3, -0.25) is 4.79 Å². The Hall–Kier alpha value is -1.78. The van der Waals surface area contributed by atoms with Crippen LogP contribution >= 0.6 is 23.2 Å². The average Bonchev–Trinajstić information content (AvgIpc) is 2.59. The van der Waals surface area contributed by atoms with Crippen molar-refractivity contribution >= 4 is 34.8 Å². The molecule has 0 fully saturated rings. The summed E-state index contributed by atoms with van der Waals surface area (Å²) in [6, 6.07) is 5.05. The molecule has 0 bridgehead atoms. The predicted octanol–water partition coefficient (Wildman–Crippen LogP) is 5.56. The van der Waals surface area contributed by atoms with Crippen molar-refractivity contribution in [3.05, 3.63) is 52.0 Å². The number of rotatable bonds is 7. The molecule has 1 atom stereocenters. The van der Waals surface area contributed by atoms with E-state index in [0.717, 1.165) is 29.7 Å². The number of benzene rings is 1. The molecule has 140 valence electrons. The number of nitrogens with zero attached hydrogens (tertiary/aromatic N) is 1. The topological polar surface area (TPSA) is 50.7 Å². The van der Waals surface area contributed by atoms with Gasteiger partial charge in [-0.15, -0.1) is 0 Å². The van der Waals surface area contributed by atoms with Crippen molar-refractivity contribution in [1.82, 2.24) is 5.43 Å². The van der Waals surface area contributed by atoms with Gasteiger partial charge < -0.3 is 4.74 Å². The Morgan fingerprint density at radius 1 is 1.42 bits per heavy atom. The molecule has 0 heterocycles. The van der Waals surface area contributed by atoms with Gasteiger partial charge in [0.2, 0.25) is 5.91 Å². The van der Waals surface area contributed by atoms with E-state index in [4.69, 9.17) is 27.9 Å². The van der Waals surface area contributed by atoms with E-state index in [0.29, 0.717) is 41.2 Å². The van der Waals surface area contributed by atoms with Crippen LogP contribution in [0.5, 0.6) is 5.75 Å². The molecule has 26 heavy (non-hydrogen) atoms. The normalized spacial score (nSPS) is 18.4. The molecule has 0 spiro atoms. The van der Waals surface area contributed by atoms with Crippen LogP contribution in [0.3, 0.4) is 0 Å². The summed E-state index contributed by atoms with van der Waals surface area (Å²) < 4.78 is 5.57. The molecule has 0 unspecified atom stereocenters. The van der Waals surface area contributed by atoms with Gasteiger partial charge in [-0.2, -0.15) is 5.10 Å². The molecule has 1 aliphatic rings. The first kappa shape index (κ1) is 20.5. The highest BCUT2D eigenvalue weighted by molar-refractivity contribution is 6.35. The molecular weight excluding hydrogens is 371 g/mol.